The Bertz CT molecular complexity index is 1400. The van der Waals surface area contributed by atoms with Crippen molar-refractivity contribution in [2.75, 3.05) is 11.9 Å². The molecule has 1 aliphatic carbocycles. The molecule has 6 rings (SSSR count). The van der Waals surface area contributed by atoms with Gasteiger partial charge in [-0.25, -0.2) is 9.37 Å². The van der Waals surface area contributed by atoms with Crippen LogP contribution in [0.2, 0.25) is 10.2 Å². The number of hydrogen-bond donors (Lipinski definition) is 4. The molecule has 4 heterocycles. The third kappa shape index (κ3) is 4.63. The fourth-order valence-corrected chi connectivity index (χ4v) is 8.20. The van der Waals surface area contributed by atoms with Crippen LogP contribution in [0.3, 0.4) is 0 Å². The van der Waals surface area contributed by atoms with Crippen molar-refractivity contribution in [3.63, 3.8) is 0 Å². The second kappa shape index (κ2) is 10.7. The number of hydrogen-bond acceptors (Lipinski definition) is 6. The number of benzene rings is 1. The van der Waals surface area contributed by atoms with Gasteiger partial charge in [-0.3, -0.25) is 14.9 Å². The summed E-state index contributed by atoms with van der Waals surface area (Å²) in [6, 6.07) is 5.10. The van der Waals surface area contributed by atoms with Gasteiger partial charge in [0.2, 0.25) is 11.8 Å². The van der Waals surface area contributed by atoms with E-state index < -0.39 is 34.8 Å². The first kappa shape index (κ1) is 29.8. The Morgan fingerprint density at radius 3 is 2.62 bits per heavy atom. The number of amides is 2. The van der Waals surface area contributed by atoms with E-state index in [1.54, 1.807) is 31.3 Å². The Labute approximate surface area is 255 Å². The quantitative estimate of drug-likeness (QED) is 0.364. The summed E-state index contributed by atoms with van der Waals surface area (Å²) in [5.74, 6) is -2.24. The average Bonchev–Trinajstić information content (AvgIpc) is 3.40. The maximum Gasteiger partial charge on any atom is 0.238 e. The summed E-state index contributed by atoms with van der Waals surface area (Å²) in [4.78, 5) is 33.1. The molecule has 3 aliphatic heterocycles. The van der Waals surface area contributed by atoms with Crippen molar-refractivity contribution >= 4 is 40.7 Å². The Hall–Kier alpha value is -2.30. The van der Waals surface area contributed by atoms with Gasteiger partial charge in [0.25, 0.3) is 0 Å². The smallest absolute Gasteiger partial charge is 0.238 e. The topological polar surface area (TPSA) is 113 Å². The van der Waals surface area contributed by atoms with E-state index >= 15 is 4.39 Å². The van der Waals surface area contributed by atoms with Gasteiger partial charge in [0.15, 0.2) is 0 Å². The molecule has 8 nitrogen and oxygen atoms in total. The predicted octanol–water partition coefficient (Wildman–Crippen LogP) is 4.86. The van der Waals surface area contributed by atoms with Crippen LogP contribution in [0.4, 0.5) is 10.1 Å². The molecule has 2 spiro atoms. The maximum atomic E-state index is 16.0. The van der Waals surface area contributed by atoms with Gasteiger partial charge in [-0.15, -0.1) is 0 Å². The number of nitrogens with one attached hydrogen (secondary N) is 3. The summed E-state index contributed by atoms with van der Waals surface area (Å²) in [5.41, 5.74) is -0.862. The molecule has 1 aromatic carbocycles. The molecule has 0 unspecified atom stereocenters. The zero-order chi connectivity index (χ0) is 30.0. The molecule has 6 atom stereocenters. The predicted molar refractivity (Wildman–Crippen MR) is 158 cm³/mol. The molecule has 2 amide bonds. The Kier molecular flexibility index (Phi) is 7.58. The number of aliphatic hydroxyl groups is 1. The van der Waals surface area contributed by atoms with Crippen molar-refractivity contribution in [2.24, 2.45) is 5.41 Å². The number of anilines is 1. The van der Waals surface area contributed by atoms with E-state index in [1.165, 1.54) is 6.07 Å². The minimum atomic E-state index is -1.36. The first-order valence-electron chi connectivity index (χ1n) is 14.7. The van der Waals surface area contributed by atoms with Crippen LogP contribution in [0.5, 0.6) is 0 Å². The number of ether oxygens (including phenoxy) is 1. The number of fused-ring (bicyclic) bond motifs is 3. The van der Waals surface area contributed by atoms with Gasteiger partial charge in [0.05, 0.1) is 35.9 Å². The molecule has 1 saturated carbocycles. The van der Waals surface area contributed by atoms with E-state index in [9.17, 15) is 14.7 Å². The van der Waals surface area contributed by atoms with Gasteiger partial charge in [-0.1, -0.05) is 49.2 Å². The third-order valence-electron chi connectivity index (χ3n) is 10.1. The largest absolute Gasteiger partial charge is 0.391 e. The second-order valence-corrected chi connectivity index (χ2v) is 14.0. The number of aromatic nitrogens is 1. The molecule has 2 aromatic rings. The number of nitrogens with zero attached hydrogens (tertiary/aromatic N) is 1. The number of pyridine rings is 1. The van der Waals surface area contributed by atoms with E-state index in [-0.39, 0.29) is 51.7 Å². The van der Waals surface area contributed by atoms with Gasteiger partial charge >= 0.3 is 0 Å². The molecule has 226 valence electrons. The molecule has 11 heteroatoms. The zero-order valence-corrected chi connectivity index (χ0v) is 25.5. The Morgan fingerprint density at radius 2 is 1.95 bits per heavy atom. The number of halogens is 3. The van der Waals surface area contributed by atoms with E-state index in [0.717, 1.165) is 12.8 Å². The van der Waals surface area contributed by atoms with Crippen LogP contribution in [0.1, 0.15) is 76.3 Å². The summed E-state index contributed by atoms with van der Waals surface area (Å²) in [7, 11) is 0. The Morgan fingerprint density at radius 1 is 1.21 bits per heavy atom. The molecule has 42 heavy (non-hydrogen) atoms. The first-order chi connectivity index (χ1) is 19.9. The third-order valence-corrected chi connectivity index (χ3v) is 10.6. The lowest BCUT2D eigenvalue weighted by molar-refractivity contribution is -0.126. The molecule has 4 N–H and O–H groups in total. The van der Waals surface area contributed by atoms with E-state index in [2.05, 4.69) is 34.8 Å². The lowest BCUT2D eigenvalue weighted by Gasteiger charge is -2.50. The van der Waals surface area contributed by atoms with Crippen molar-refractivity contribution < 1.29 is 23.8 Å². The fourth-order valence-electron chi connectivity index (χ4n) is 7.86. The molecule has 3 fully saturated rings. The molecular weight excluding hydrogens is 582 g/mol. The van der Waals surface area contributed by atoms with Crippen LogP contribution in [0.25, 0.3) is 0 Å². The number of carbonyl (C=O) groups excluding carboxylic acids is 2. The van der Waals surface area contributed by atoms with Gasteiger partial charge in [-0.2, -0.15) is 0 Å². The molecule has 0 radical (unpaired) electrons. The first-order valence-corrected chi connectivity index (χ1v) is 15.4. The molecule has 1 aromatic heterocycles. The monoisotopic (exact) mass is 618 g/mol. The van der Waals surface area contributed by atoms with Crippen LogP contribution in [0, 0.1) is 11.2 Å². The minimum absolute atomic E-state index is 0.0429. The van der Waals surface area contributed by atoms with Crippen molar-refractivity contribution in [2.45, 2.75) is 100 Å². The van der Waals surface area contributed by atoms with Crippen LogP contribution in [0.15, 0.2) is 30.5 Å². The van der Waals surface area contributed by atoms with Crippen molar-refractivity contribution in [1.29, 1.82) is 0 Å². The molecular formula is C31H37Cl2FN4O4. The molecule has 2 saturated heterocycles. The van der Waals surface area contributed by atoms with Crippen LogP contribution < -0.4 is 16.0 Å². The van der Waals surface area contributed by atoms with Crippen LogP contribution >= 0.6 is 23.2 Å². The fraction of sp³-hybridized carbons (Fsp3) is 0.581. The van der Waals surface area contributed by atoms with Gasteiger partial charge in [-0.05, 0) is 68.6 Å². The van der Waals surface area contributed by atoms with E-state index in [4.69, 9.17) is 27.9 Å². The molecule has 4 aliphatic rings. The van der Waals surface area contributed by atoms with Crippen LogP contribution in [-0.4, -0.2) is 58.3 Å². The SMILES string of the molecule is C[C@@H](O)[C@@H]1CC[C@@H](NC(=O)[C@@H]2NC3(CCC(C)(C)CC3)[C@]3(C(=O)Nc4cc(Cl)ncc43)[C@H]2c2cccc(Cl)c2F)CO1. The summed E-state index contributed by atoms with van der Waals surface area (Å²) >= 11 is 12.6. The number of aliphatic hydroxyl groups excluding tert-OH is 1. The standard InChI is InChI=1S/C31H37Cl2FN4O4/c1-16(39)22-8-7-17(15-42-22)36-27(40)26-24(18-5-4-6-20(32)25(18)34)31(30(38-26)11-9-29(2,3)10-12-30)19-14-35-23(33)13-21(19)37-28(31)41/h4-6,13-14,16-17,22,24,26,38-39H,7-12,15H2,1-3H3,(H,36,40)(H,37,41)/t16-,17-,22+,24+,26-,31+/m1/s1. The average molecular weight is 620 g/mol. The summed E-state index contributed by atoms with van der Waals surface area (Å²) in [6.45, 7) is 6.34. The van der Waals surface area contributed by atoms with Crippen molar-refractivity contribution in [3.8, 4) is 0 Å². The number of rotatable bonds is 4. The summed E-state index contributed by atoms with van der Waals surface area (Å²) in [6.07, 6.45) is 4.74. The molecule has 0 bridgehead atoms. The van der Waals surface area contributed by atoms with Gasteiger partial charge in [0.1, 0.15) is 16.4 Å². The summed E-state index contributed by atoms with van der Waals surface area (Å²) < 4.78 is 21.9. The Balaban J connectivity index is 1.49. The highest BCUT2D eigenvalue weighted by Gasteiger charge is 2.73. The lowest BCUT2D eigenvalue weighted by atomic mass is 9.53. The van der Waals surface area contributed by atoms with Gasteiger partial charge in [0, 0.05) is 28.9 Å². The summed E-state index contributed by atoms with van der Waals surface area (Å²) in [5, 5.41) is 19.9. The zero-order valence-electron chi connectivity index (χ0n) is 24.0. The number of carbonyl (C=O) groups is 2. The second-order valence-electron chi connectivity index (χ2n) is 13.2. The van der Waals surface area contributed by atoms with Gasteiger partial charge < -0.3 is 20.5 Å². The van der Waals surface area contributed by atoms with Crippen molar-refractivity contribution in [1.82, 2.24) is 15.6 Å². The highest BCUT2D eigenvalue weighted by atomic mass is 35.5. The van der Waals surface area contributed by atoms with E-state index in [0.29, 0.717) is 36.9 Å². The highest BCUT2D eigenvalue weighted by Crippen LogP contribution is 2.63. The normalized spacial score (nSPS) is 32.0. The maximum absolute atomic E-state index is 16.0. The van der Waals surface area contributed by atoms with E-state index in [1.807, 2.05) is 0 Å². The van der Waals surface area contributed by atoms with Crippen molar-refractivity contribution in [3.05, 3.63) is 57.6 Å². The lowest BCUT2D eigenvalue weighted by Crippen LogP contribution is -2.61. The highest BCUT2D eigenvalue weighted by molar-refractivity contribution is 6.31. The minimum Gasteiger partial charge on any atom is -0.391 e. The van der Waals surface area contributed by atoms with Crippen LogP contribution in [-0.2, 0) is 19.7 Å².